The van der Waals surface area contributed by atoms with Crippen LogP contribution in [0.3, 0.4) is 0 Å². The Labute approximate surface area is 138 Å². The summed E-state index contributed by atoms with van der Waals surface area (Å²) in [7, 11) is 1.54. The van der Waals surface area contributed by atoms with Gasteiger partial charge < -0.3 is 19.9 Å². The molecule has 0 radical (unpaired) electrons. The van der Waals surface area contributed by atoms with Crippen LogP contribution in [0, 0.1) is 0 Å². The summed E-state index contributed by atoms with van der Waals surface area (Å²) in [5.74, 6) is -0.946. The monoisotopic (exact) mass is 336 g/mol. The molecule has 1 heterocycles. The van der Waals surface area contributed by atoms with Crippen molar-refractivity contribution >= 4 is 23.6 Å². The lowest BCUT2D eigenvalue weighted by atomic mass is 10.1. The molecule has 2 aromatic rings. The highest BCUT2D eigenvalue weighted by Gasteiger charge is 2.13. The maximum Gasteiger partial charge on any atom is 0.317 e. The summed E-state index contributed by atoms with van der Waals surface area (Å²) in [6, 6.07) is 5.09. The molecule has 2 N–H and O–H groups in total. The van der Waals surface area contributed by atoms with Gasteiger partial charge in [-0.25, -0.2) is 9.78 Å². The summed E-state index contributed by atoms with van der Waals surface area (Å²) in [6.45, 7) is 0.363. The molecular weight excluding hydrogens is 320 g/mol. The number of rotatable bonds is 6. The minimum absolute atomic E-state index is 0.101. The minimum Gasteiger partial charge on any atom is -0.481 e. The van der Waals surface area contributed by atoms with Crippen molar-refractivity contribution in [3.63, 3.8) is 0 Å². The highest BCUT2D eigenvalue weighted by Crippen LogP contribution is 2.23. The molecule has 0 spiro atoms. The van der Waals surface area contributed by atoms with Crippen LogP contribution < -0.4 is 5.32 Å². The predicted octanol–water partition coefficient (Wildman–Crippen LogP) is 2.14. The lowest BCUT2D eigenvalue weighted by Gasteiger charge is -2.18. The second kappa shape index (κ2) is 7.64. The first-order valence-corrected chi connectivity index (χ1v) is 7.33. The zero-order valence-corrected chi connectivity index (χ0v) is 13.3. The van der Waals surface area contributed by atoms with E-state index in [2.05, 4.69) is 10.3 Å². The third-order valence-corrected chi connectivity index (χ3v) is 3.65. The number of nitrogens with zero attached hydrogens (tertiary/aromatic N) is 3. The van der Waals surface area contributed by atoms with Gasteiger partial charge in [-0.3, -0.25) is 4.79 Å². The molecule has 0 saturated heterocycles. The topological polar surface area (TPSA) is 87.5 Å². The van der Waals surface area contributed by atoms with E-state index in [0.29, 0.717) is 5.02 Å². The molecule has 0 bridgehead atoms. The van der Waals surface area contributed by atoms with E-state index >= 15 is 0 Å². The van der Waals surface area contributed by atoms with E-state index in [1.54, 1.807) is 31.8 Å². The number of carbonyl (C=O) groups is 2. The van der Waals surface area contributed by atoms with Crippen molar-refractivity contribution in [3.05, 3.63) is 47.5 Å². The van der Waals surface area contributed by atoms with Gasteiger partial charge in [-0.1, -0.05) is 17.7 Å². The molecule has 0 aliphatic carbocycles. The molecule has 8 heteroatoms. The van der Waals surface area contributed by atoms with Gasteiger partial charge in [-0.15, -0.1) is 0 Å². The van der Waals surface area contributed by atoms with Gasteiger partial charge in [0.1, 0.15) is 0 Å². The largest absolute Gasteiger partial charge is 0.481 e. The fourth-order valence-electron chi connectivity index (χ4n) is 2.03. The molecule has 0 unspecified atom stereocenters. The Morgan fingerprint density at radius 3 is 2.87 bits per heavy atom. The number of carboxylic acid groups (broad SMARTS) is 1. The van der Waals surface area contributed by atoms with Crippen molar-refractivity contribution in [2.45, 2.75) is 13.0 Å². The fourth-order valence-corrected chi connectivity index (χ4v) is 2.27. The summed E-state index contributed by atoms with van der Waals surface area (Å²) in [6.07, 6.45) is 4.99. The SMILES string of the molecule is CN(CCC(=O)O)C(=O)NCc1c(Cl)cccc1-n1ccnc1. The van der Waals surface area contributed by atoms with Crippen LogP contribution in [0.4, 0.5) is 4.79 Å². The minimum atomic E-state index is -0.946. The van der Waals surface area contributed by atoms with Gasteiger partial charge >= 0.3 is 12.0 Å². The van der Waals surface area contributed by atoms with Crippen LogP contribution in [-0.4, -0.2) is 45.2 Å². The molecule has 0 aliphatic heterocycles. The summed E-state index contributed by atoms with van der Waals surface area (Å²) in [5, 5.41) is 11.9. The zero-order valence-electron chi connectivity index (χ0n) is 12.6. The number of halogens is 1. The first-order valence-electron chi connectivity index (χ1n) is 6.95. The summed E-state index contributed by atoms with van der Waals surface area (Å²) in [4.78, 5) is 27.9. The Kier molecular flexibility index (Phi) is 5.59. The number of hydrogen-bond donors (Lipinski definition) is 2. The molecule has 0 atom stereocenters. The van der Waals surface area contributed by atoms with Crippen molar-refractivity contribution in [1.29, 1.82) is 0 Å². The van der Waals surface area contributed by atoms with Crippen molar-refractivity contribution in [2.24, 2.45) is 0 Å². The number of aliphatic carboxylic acids is 1. The normalized spacial score (nSPS) is 10.3. The lowest BCUT2D eigenvalue weighted by Crippen LogP contribution is -2.38. The molecule has 0 aliphatic rings. The van der Waals surface area contributed by atoms with E-state index in [0.717, 1.165) is 11.3 Å². The van der Waals surface area contributed by atoms with E-state index in [9.17, 15) is 9.59 Å². The van der Waals surface area contributed by atoms with E-state index in [1.165, 1.54) is 4.90 Å². The van der Waals surface area contributed by atoms with Gasteiger partial charge in [-0.2, -0.15) is 0 Å². The zero-order chi connectivity index (χ0) is 16.8. The maximum atomic E-state index is 12.0. The third-order valence-electron chi connectivity index (χ3n) is 3.30. The van der Waals surface area contributed by atoms with E-state index in [1.807, 2.05) is 16.7 Å². The third kappa shape index (κ3) is 4.46. The Bertz CT molecular complexity index is 688. The molecule has 122 valence electrons. The quantitative estimate of drug-likeness (QED) is 0.846. The number of nitrogens with one attached hydrogen (secondary N) is 1. The molecular formula is C15H17ClN4O3. The summed E-state index contributed by atoms with van der Waals surface area (Å²) in [5.41, 5.74) is 1.58. The van der Waals surface area contributed by atoms with Crippen LogP contribution >= 0.6 is 11.6 Å². The second-order valence-electron chi connectivity index (χ2n) is 4.93. The molecule has 23 heavy (non-hydrogen) atoms. The smallest absolute Gasteiger partial charge is 0.317 e. The Hall–Kier alpha value is -2.54. The molecule has 1 aromatic carbocycles. The molecule has 0 fully saturated rings. The van der Waals surface area contributed by atoms with Crippen molar-refractivity contribution in [3.8, 4) is 5.69 Å². The predicted molar refractivity (Wildman–Crippen MR) is 85.7 cm³/mol. The molecule has 1 aromatic heterocycles. The number of hydrogen-bond acceptors (Lipinski definition) is 3. The van der Waals surface area contributed by atoms with E-state index in [4.69, 9.17) is 16.7 Å². The standard InChI is InChI=1S/C15H17ClN4O3/c1-19(7-5-14(21)22)15(23)18-9-11-12(16)3-2-4-13(11)20-8-6-17-10-20/h2-4,6,8,10H,5,7,9H2,1H3,(H,18,23)(H,21,22). The summed E-state index contributed by atoms with van der Waals surface area (Å²) < 4.78 is 1.81. The number of imidazole rings is 1. The van der Waals surface area contributed by atoms with Crippen LogP contribution in [-0.2, 0) is 11.3 Å². The average molecular weight is 337 g/mol. The van der Waals surface area contributed by atoms with E-state index < -0.39 is 5.97 Å². The maximum absolute atomic E-state index is 12.0. The van der Waals surface area contributed by atoms with Gasteiger partial charge in [-0.05, 0) is 12.1 Å². The number of carboxylic acids is 1. The lowest BCUT2D eigenvalue weighted by molar-refractivity contribution is -0.137. The summed E-state index contributed by atoms with van der Waals surface area (Å²) >= 11 is 6.24. The van der Waals surface area contributed by atoms with Crippen LogP contribution in [0.1, 0.15) is 12.0 Å². The number of aromatic nitrogens is 2. The first-order chi connectivity index (χ1) is 11.0. The van der Waals surface area contributed by atoms with Crippen molar-refractivity contribution < 1.29 is 14.7 Å². The average Bonchev–Trinajstić information content (AvgIpc) is 3.05. The van der Waals surface area contributed by atoms with E-state index in [-0.39, 0.29) is 25.5 Å². The molecule has 7 nitrogen and oxygen atoms in total. The number of urea groups is 1. The Morgan fingerprint density at radius 2 is 2.22 bits per heavy atom. The van der Waals surface area contributed by atoms with Gasteiger partial charge in [0.2, 0.25) is 0 Å². The van der Waals surface area contributed by atoms with Crippen LogP contribution in [0.25, 0.3) is 5.69 Å². The number of carbonyl (C=O) groups excluding carboxylic acids is 1. The first kappa shape index (κ1) is 16.8. The Balaban J connectivity index is 2.06. The van der Waals surface area contributed by atoms with Gasteiger partial charge in [0.25, 0.3) is 0 Å². The van der Waals surface area contributed by atoms with Gasteiger partial charge in [0.05, 0.1) is 18.4 Å². The van der Waals surface area contributed by atoms with Gasteiger partial charge in [0.15, 0.2) is 0 Å². The van der Waals surface area contributed by atoms with Crippen molar-refractivity contribution in [1.82, 2.24) is 19.8 Å². The van der Waals surface area contributed by atoms with Crippen LogP contribution in [0.2, 0.25) is 5.02 Å². The van der Waals surface area contributed by atoms with Crippen LogP contribution in [0.15, 0.2) is 36.9 Å². The molecule has 2 rings (SSSR count). The van der Waals surface area contributed by atoms with Crippen molar-refractivity contribution in [2.75, 3.05) is 13.6 Å². The number of amides is 2. The Morgan fingerprint density at radius 1 is 1.43 bits per heavy atom. The fraction of sp³-hybridized carbons (Fsp3) is 0.267. The number of benzene rings is 1. The highest BCUT2D eigenvalue weighted by molar-refractivity contribution is 6.31. The molecule has 0 saturated carbocycles. The van der Waals surface area contributed by atoms with Gasteiger partial charge in [0, 0.05) is 43.1 Å². The second-order valence-corrected chi connectivity index (χ2v) is 5.34. The molecule has 2 amide bonds. The highest BCUT2D eigenvalue weighted by atomic mass is 35.5. The van der Waals surface area contributed by atoms with Crippen LogP contribution in [0.5, 0.6) is 0 Å².